The molecule has 0 radical (unpaired) electrons. The molecule has 1 aromatic heterocycles. The number of hydrogen-bond acceptors (Lipinski definition) is 3. The molecule has 0 saturated carbocycles. The smallest absolute Gasteiger partial charge is 0.260 e. The van der Waals surface area contributed by atoms with Crippen LogP contribution in [0, 0.1) is 0 Å². The lowest BCUT2D eigenvalue weighted by molar-refractivity contribution is -0.127. The van der Waals surface area contributed by atoms with Gasteiger partial charge in [0.15, 0.2) is 6.10 Å². The molecule has 0 aliphatic carbocycles. The van der Waals surface area contributed by atoms with Gasteiger partial charge in [-0.1, -0.05) is 18.2 Å². The minimum atomic E-state index is -0.537. The van der Waals surface area contributed by atoms with E-state index in [1.807, 2.05) is 44.2 Å². The van der Waals surface area contributed by atoms with E-state index in [4.69, 9.17) is 4.74 Å². The van der Waals surface area contributed by atoms with E-state index in [0.29, 0.717) is 5.75 Å². The third-order valence-electron chi connectivity index (χ3n) is 2.68. The van der Waals surface area contributed by atoms with Crippen LogP contribution in [0.1, 0.15) is 20.8 Å². The molecule has 1 heterocycles. The van der Waals surface area contributed by atoms with Gasteiger partial charge in [0.25, 0.3) is 5.91 Å². The molecule has 1 unspecified atom stereocenters. The summed E-state index contributed by atoms with van der Waals surface area (Å²) < 4.78 is 5.61. The largest absolute Gasteiger partial charge is 0.479 e. The van der Waals surface area contributed by atoms with Crippen LogP contribution >= 0.6 is 0 Å². The Bertz CT molecular complexity index is 581. The molecular formula is C15H18N2O2. The highest BCUT2D eigenvalue weighted by Crippen LogP contribution is 2.18. The second-order valence-electron chi connectivity index (χ2n) is 4.79. The molecule has 0 bridgehead atoms. The molecule has 4 heteroatoms. The molecule has 0 saturated heterocycles. The number of ether oxygens (including phenoxy) is 1. The number of hydrogen-bond donors (Lipinski definition) is 1. The van der Waals surface area contributed by atoms with Gasteiger partial charge in [0, 0.05) is 11.4 Å². The summed E-state index contributed by atoms with van der Waals surface area (Å²) in [7, 11) is 0. The lowest BCUT2D eigenvalue weighted by atomic mass is 10.2. The summed E-state index contributed by atoms with van der Waals surface area (Å²) in [6.07, 6.45) is 1.10. The van der Waals surface area contributed by atoms with Gasteiger partial charge in [0.1, 0.15) is 5.75 Å². The van der Waals surface area contributed by atoms with E-state index in [9.17, 15) is 4.79 Å². The van der Waals surface area contributed by atoms with E-state index in [-0.39, 0.29) is 11.9 Å². The highest BCUT2D eigenvalue weighted by molar-refractivity contribution is 5.82. The highest BCUT2D eigenvalue weighted by atomic mass is 16.5. The third-order valence-corrected chi connectivity index (χ3v) is 2.68. The molecule has 0 fully saturated rings. The minimum absolute atomic E-state index is 0.105. The highest BCUT2D eigenvalue weighted by Gasteiger charge is 2.15. The van der Waals surface area contributed by atoms with Gasteiger partial charge in [0.05, 0.1) is 11.7 Å². The summed E-state index contributed by atoms with van der Waals surface area (Å²) in [5.74, 6) is 0.480. The SMILES string of the molecule is CC(C)NC(=O)C(C)Oc1cnc2ccccc2c1. The van der Waals surface area contributed by atoms with Crippen molar-refractivity contribution >= 4 is 16.8 Å². The van der Waals surface area contributed by atoms with Gasteiger partial charge < -0.3 is 10.1 Å². The molecule has 1 aromatic carbocycles. The number of rotatable bonds is 4. The van der Waals surface area contributed by atoms with Crippen molar-refractivity contribution in [1.29, 1.82) is 0 Å². The average Bonchev–Trinajstić information content (AvgIpc) is 2.37. The summed E-state index contributed by atoms with van der Waals surface area (Å²) in [6, 6.07) is 9.79. The van der Waals surface area contributed by atoms with E-state index >= 15 is 0 Å². The molecule has 0 aliphatic heterocycles. The maximum absolute atomic E-state index is 11.8. The quantitative estimate of drug-likeness (QED) is 0.916. The zero-order valence-electron chi connectivity index (χ0n) is 11.4. The third kappa shape index (κ3) is 3.44. The number of amides is 1. The molecule has 1 atom stereocenters. The number of carbonyl (C=O) groups excluding carboxylic acids is 1. The average molecular weight is 258 g/mol. The molecule has 2 aromatic rings. The van der Waals surface area contributed by atoms with Crippen molar-refractivity contribution in [2.24, 2.45) is 0 Å². The van der Waals surface area contributed by atoms with Gasteiger partial charge >= 0.3 is 0 Å². The number of para-hydroxylation sites is 1. The summed E-state index contributed by atoms with van der Waals surface area (Å²) in [4.78, 5) is 16.1. The van der Waals surface area contributed by atoms with E-state index in [0.717, 1.165) is 10.9 Å². The number of pyridine rings is 1. The molecule has 0 spiro atoms. The first-order valence-electron chi connectivity index (χ1n) is 6.38. The van der Waals surface area contributed by atoms with Crippen molar-refractivity contribution in [3.05, 3.63) is 36.5 Å². The molecule has 1 N–H and O–H groups in total. The Balaban J connectivity index is 2.10. The van der Waals surface area contributed by atoms with Crippen LogP contribution in [-0.2, 0) is 4.79 Å². The van der Waals surface area contributed by atoms with Gasteiger partial charge in [-0.2, -0.15) is 0 Å². The predicted octanol–water partition coefficient (Wildman–Crippen LogP) is 2.53. The minimum Gasteiger partial charge on any atom is -0.479 e. The summed E-state index contributed by atoms with van der Waals surface area (Å²) in [5, 5.41) is 3.81. The number of carbonyl (C=O) groups is 1. The predicted molar refractivity (Wildman–Crippen MR) is 75.1 cm³/mol. The Kier molecular flexibility index (Phi) is 4.00. The van der Waals surface area contributed by atoms with Crippen molar-refractivity contribution in [2.45, 2.75) is 32.9 Å². The van der Waals surface area contributed by atoms with Crippen LogP contribution in [0.15, 0.2) is 36.5 Å². The topological polar surface area (TPSA) is 51.2 Å². The standard InChI is InChI=1S/C15H18N2O2/c1-10(2)17-15(18)11(3)19-13-8-12-6-4-5-7-14(12)16-9-13/h4-11H,1-3H3,(H,17,18). The molecular weight excluding hydrogens is 240 g/mol. The maximum atomic E-state index is 11.8. The van der Waals surface area contributed by atoms with Crippen molar-refractivity contribution in [3.63, 3.8) is 0 Å². The molecule has 100 valence electrons. The first-order valence-corrected chi connectivity index (χ1v) is 6.38. The van der Waals surface area contributed by atoms with Gasteiger partial charge in [-0.3, -0.25) is 9.78 Å². The van der Waals surface area contributed by atoms with E-state index in [1.165, 1.54) is 0 Å². The Morgan fingerprint density at radius 2 is 2.00 bits per heavy atom. The number of fused-ring (bicyclic) bond motifs is 1. The second kappa shape index (κ2) is 5.69. The van der Waals surface area contributed by atoms with Gasteiger partial charge in [-0.25, -0.2) is 0 Å². The summed E-state index contributed by atoms with van der Waals surface area (Å²) in [5.41, 5.74) is 0.911. The van der Waals surface area contributed by atoms with E-state index in [1.54, 1.807) is 13.1 Å². The summed E-state index contributed by atoms with van der Waals surface area (Å²) in [6.45, 7) is 5.57. The molecule has 2 rings (SSSR count). The van der Waals surface area contributed by atoms with Crippen LogP contribution in [0.25, 0.3) is 10.9 Å². The zero-order chi connectivity index (χ0) is 13.8. The van der Waals surface area contributed by atoms with Gasteiger partial charge in [-0.15, -0.1) is 0 Å². The Morgan fingerprint density at radius 3 is 2.74 bits per heavy atom. The number of nitrogens with zero attached hydrogens (tertiary/aromatic N) is 1. The molecule has 19 heavy (non-hydrogen) atoms. The lowest BCUT2D eigenvalue weighted by Gasteiger charge is -2.16. The molecule has 1 amide bonds. The fourth-order valence-electron chi connectivity index (χ4n) is 1.77. The van der Waals surface area contributed by atoms with Crippen LogP contribution in [0.4, 0.5) is 0 Å². The Hall–Kier alpha value is -2.10. The fraction of sp³-hybridized carbons (Fsp3) is 0.333. The second-order valence-corrected chi connectivity index (χ2v) is 4.79. The molecule has 4 nitrogen and oxygen atoms in total. The number of nitrogens with one attached hydrogen (secondary N) is 1. The number of benzene rings is 1. The van der Waals surface area contributed by atoms with Gasteiger partial charge in [0.2, 0.25) is 0 Å². The van der Waals surface area contributed by atoms with Crippen molar-refractivity contribution < 1.29 is 9.53 Å². The monoisotopic (exact) mass is 258 g/mol. The van der Waals surface area contributed by atoms with Crippen LogP contribution < -0.4 is 10.1 Å². The van der Waals surface area contributed by atoms with Gasteiger partial charge in [-0.05, 0) is 32.9 Å². The van der Waals surface area contributed by atoms with Crippen LogP contribution in [0.2, 0.25) is 0 Å². The normalized spacial score (nSPS) is 12.4. The summed E-state index contributed by atoms with van der Waals surface area (Å²) >= 11 is 0. The van der Waals surface area contributed by atoms with Crippen LogP contribution in [0.3, 0.4) is 0 Å². The first kappa shape index (κ1) is 13.3. The Labute approximate surface area is 112 Å². The lowest BCUT2D eigenvalue weighted by Crippen LogP contribution is -2.40. The van der Waals surface area contributed by atoms with Crippen LogP contribution in [-0.4, -0.2) is 23.0 Å². The van der Waals surface area contributed by atoms with E-state index < -0.39 is 6.10 Å². The first-order chi connectivity index (χ1) is 9.06. The van der Waals surface area contributed by atoms with Crippen molar-refractivity contribution in [2.75, 3.05) is 0 Å². The van der Waals surface area contributed by atoms with E-state index in [2.05, 4.69) is 10.3 Å². The van der Waals surface area contributed by atoms with Crippen molar-refractivity contribution in [1.82, 2.24) is 10.3 Å². The fourth-order valence-corrected chi connectivity index (χ4v) is 1.77. The zero-order valence-corrected chi connectivity index (χ0v) is 11.4. The maximum Gasteiger partial charge on any atom is 0.260 e. The van der Waals surface area contributed by atoms with Crippen molar-refractivity contribution in [3.8, 4) is 5.75 Å². The number of aromatic nitrogens is 1. The Morgan fingerprint density at radius 1 is 1.26 bits per heavy atom. The molecule has 0 aliphatic rings. The van der Waals surface area contributed by atoms with Crippen LogP contribution in [0.5, 0.6) is 5.75 Å².